The van der Waals surface area contributed by atoms with Gasteiger partial charge in [0.1, 0.15) is 6.10 Å². The number of aliphatic hydroxyl groups excluding tert-OH is 1. The summed E-state index contributed by atoms with van der Waals surface area (Å²) in [4.78, 5) is 0. The van der Waals surface area contributed by atoms with Gasteiger partial charge in [0.05, 0.1) is 6.04 Å². The third-order valence-corrected chi connectivity index (χ3v) is 3.68. The van der Waals surface area contributed by atoms with Gasteiger partial charge < -0.3 is 5.11 Å². The highest BCUT2D eigenvalue weighted by Crippen LogP contribution is 2.40. The fourth-order valence-corrected chi connectivity index (χ4v) is 2.30. The number of aromatic nitrogens is 2. The molecule has 1 heterocycles. The summed E-state index contributed by atoms with van der Waals surface area (Å²) in [6.07, 6.45) is -3.06. The Bertz CT molecular complexity index is 647. The lowest BCUT2D eigenvalue weighted by atomic mass is 10.0. The normalized spacial score (nSPS) is 17.0. The summed E-state index contributed by atoms with van der Waals surface area (Å²) in [6.45, 7) is 0. The van der Waals surface area contributed by atoms with E-state index in [4.69, 9.17) is 11.6 Å². The Hall–Kier alpha value is -1.53. The van der Waals surface area contributed by atoms with E-state index in [1.165, 1.54) is 35.1 Å². The fraction of sp³-hybridized carbons (Fsp3) is 0.357. The van der Waals surface area contributed by atoms with Gasteiger partial charge in [-0.1, -0.05) is 23.7 Å². The van der Waals surface area contributed by atoms with Crippen LogP contribution in [0.1, 0.15) is 41.8 Å². The first-order valence-electron chi connectivity index (χ1n) is 6.46. The maximum absolute atomic E-state index is 13.1. The van der Waals surface area contributed by atoms with Crippen LogP contribution in [0.25, 0.3) is 0 Å². The molecule has 7 heteroatoms. The highest BCUT2D eigenvalue weighted by Gasteiger charge is 2.40. The lowest BCUT2D eigenvalue weighted by Crippen LogP contribution is -2.12. The Morgan fingerprint density at radius 1 is 1.24 bits per heavy atom. The average Bonchev–Trinajstić information content (AvgIpc) is 3.16. The van der Waals surface area contributed by atoms with E-state index < -0.39 is 18.0 Å². The van der Waals surface area contributed by atoms with Crippen LogP contribution >= 0.6 is 11.6 Å². The fourth-order valence-electron chi connectivity index (χ4n) is 2.18. The van der Waals surface area contributed by atoms with Crippen molar-refractivity contribution in [3.05, 3.63) is 52.3 Å². The summed E-state index contributed by atoms with van der Waals surface area (Å²) in [6, 6.07) is 6.07. The van der Waals surface area contributed by atoms with E-state index in [0.29, 0.717) is 10.6 Å². The molecule has 3 rings (SSSR count). The molecular weight excluding hydrogens is 305 g/mol. The topological polar surface area (TPSA) is 38.0 Å². The minimum absolute atomic E-state index is 0.0114. The zero-order valence-electron chi connectivity index (χ0n) is 10.8. The van der Waals surface area contributed by atoms with Gasteiger partial charge in [-0.25, -0.2) is 0 Å². The number of hydrogen-bond acceptors (Lipinski definition) is 2. The molecule has 1 aliphatic rings. The lowest BCUT2D eigenvalue weighted by Gasteiger charge is -2.12. The van der Waals surface area contributed by atoms with Crippen LogP contribution in [0.15, 0.2) is 30.5 Å². The largest absolute Gasteiger partial charge is 0.435 e. The van der Waals surface area contributed by atoms with Gasteiger partial charge in [0.2, 0.25) is 0 Å². The molecule has 1 N–H and O–H groups in total. The molecule has 0 amide bonds. The van der Waals surface area contributed by atoms with Crippen LogP contribution in [-0.2, 0) is 6.18 Å². The predicted octanol–water partition coefficient (Wildman–Crippen LogP) is 3.97. The van der Waals surface area contributed by atoms with Crippen molar-refractivity contribution in [3.63, 3.8) is 0 Å². The summed E-state index contributed by atoms with van der Waals surface area (Å²) in [7, 11) is 0. The molecule has 1 aromatic carbocycles. The summed E-state index contributed by atoms with van der Waals surface area (Å²) < 4.78 is 40.5. The zero-order valence-corrected chi connectivity index (χ0v) is 11.6. The Labute approximate surface area is 124 Å². The first-order chi connectivity index (χ1) is 9.86. The van der Waals surface area contributed by atoms with Crippen molar-refractivity contribution in [1.82, 2.24) is 9.78 Å². The average molecular weight is 317 g/mol. The van der Waals surface area contributed by atoms with Gasteiger partial charge in [0, 0.05) is 16.8 Å². The van der Waals surface area contributed by atoms with Gasteiger partial charge >= 0.3 is 6.18 Å². The summed E-state index contributed by atoms with van der Waals surface area (Å²) >= 11 is 5.74. The van der Waals surface area contributed by atoms with Crippen molar-refractivity contribution in [2.75, 3.05) is 0 Å². The Balaban J connectivity index is 2.01. The molecule has 21 heavy (non-hydrogen) atoms. The first kappa shape index (κ1) is 14.4. The van der Waals surface area contributed by atoms with Crippen LogP contribution in [0.4, 0.5) is 13.2 Å². The number of halogens is 4. The minimum Gasteiger partial charge on any atom is -0.384 e. The molecule has 1 saturated carbocycles. The second-order valence-electron chi connectivity index (χ2n) is 5.10. The van der Waals surface area contributed by atoms with Gasteiger partial charge in [0.25, 0.3) is 0 Å². The van der Waals surface area contributed by atoms with E-state index >= 15 is 0 Å². The second kappa shape index (κ2) is 5.03. The van der Waals surface area contributed by atoms with Gasteiger partial charge in [0.15, 0.2) is 5.69 Å². The van der Waals surface area contributed by atoms with Crippen molar-refractivity contribution in [2.24, 2.45) is 0 Å². The monoisotopic (exact) mass is 316 g/mol. The highest BCUT2D eigenvalue weighted by molar-refractivity contribution is 6.30. The maximum Gasteiger partial charge on any atom is 0.435 e. The molecule has 1 unspecified atom stereocenters. The summed E-state index contributed by atoms with van der Waals surface area (Å²) in [5.41, 5.74) is -0.909. The molecule has 3 nitrogen and oxygen atoms in total. The molecule has 2 aromatic rings. The van der Waals surface area contributed by atoms with Crippen molar-refractivity contribution >= 4 is 11.6 Å². The van der Waals surface area contributed by atoms with Crippen LogP contribution in [-0.4, -0.2) is 14.9 Å². The number of alkyl halides is 3. The van der Waals surface area contributed by atoms with Gasteiger partial charge in [-0.3, -0.25) is 4.68 Å². The van der Waals surface area contributed by atoms with Gasteiger partial charge in [-0.05, 0) is 30.5 Å². The minimum atomic E-state index is -4.59. The van der Waals surface area contributed by atoms with Crippen LogP contribution in [0.3, 0.4) is 0 Å². The zero-order chi connectivity index (χ0) is 15.2. The number of aliphatic hydroxyl groups is 1. The van der Waals surface area contributed by atoms with Crippen molar-refractivity contribution in [2.45, 2.75) is 31.2 Å². The molecule has 1 aromatic heterocycles. The van der Waals surface area contributed by atoms with Crippen molar-refractivity contribution in [3.8, 4) is 0 Å². The van der Waals surface area contributed by atoms with E-state index in [0.717, 1.165) is 12.8 Å². The van der Waals surface area contributed by atoms with Crippen LogP contribution in [0.2, 0.25) is 5.02 Å². The molecule has 0 aliphatic heterocycles. The predicted molar refractivity (Wildman–Crippen MR) is 71.0 cm³/mol. The summed E-state index contributed by atoms with van der Waals surface area (Å²) in [5, 5.41) is 14.3. The standard InChI is InChI=1S/C14H12ClF3N2O/c15-9-3-1-8(2-4-9)12(21)11-7-20(10-5-6-10)19-13(11)14(16,17)18/h1-4,7,10,12,21H,5-6H2. The Kier molecular flexibility index (Phi) is 3.45. The second-order valence-corrected chi connectivity index (χ2v) is 5.53. The van der Waals surface area contributed by atoms with Gasteiger partial charge in [-0.2, -0.15) is 18.3 Å². The van der Waals surface area contributed by atoms with Gasteiger partial charge in [-0.15, -0.1) is 0 Å². The number of benzene rings is 1. The Morgan fingerprint density at radius 3 is 2.38 bits per heavy atom. The molecule has 0 bridgehead atoms. The van der Waals surface area contributed by atoms with E-state index in [9.17, 15) is 18.3 Å². The molecule has 112 valence electrons. The van der Waals surface area contributed by atoms with Crippen molar-refractivity contribution < 1.29 is 18.3 Å². The van der Waals surface area contributed by atoms with E-state index in [-0.39, 0.29) is 11.6 Å². The molecule has 1 aliphatic carbocycles. The number of rotatable bonds is 3. The maximum atomic E-state index is 13.1. The Morgan fingerprint density at radius 2 is 1.86 bits per heavy atom. The number of nitrogens with zero attached hydrogens (tertiary/aromatic N) is 2. The highest BCUT2D eigenvalue weighted by atomic mass is 35.5. The number of hydrogen-bond donors (Lipinski definition) is 1. The third kappa shape index (κ3) is 2.91. The molecule has 0 radical (unpaired) electrons. The van der Waals surface area contributed by atoms with Crippen molar-refractivity contribution in [1.29, 1.82) is 0 Å². The smallest absolute Gasteiger partial charge is 0.384 e. The third-order valence-electron chi connectivity index (χ3n) is 3.43. The summed E-state index contributed by atoms with van der Waals surface area (Å²) in [5.74, 6) is 0. The molecular formula is C14H12ClF3N2O. The van der Waals surface area contributed by atoms with Crippen LogP contribution in [0, 0.1) is 0 Å². The molecule has 1 fully saturated rings. The van der Waals surface area contributed by atoms with E-state index in [1.807, 2.05) is 0 Å². The van der Waals surface area contributed by atoms with Crippen LogP contribution < -0.4 is 0 Å². The quantitative estimate of drug-likeness (QED) is 0.930. The molecule has 0 saturated heterocycles. The first-order valence-corrected chi connectivity index (χ1v) is 6.84. The molecule has 1 atom stereocenters. The van der Waals surface area contributed by atoms with E-state index in [1.54, 1.807) is 0 Å². The SMILES string of the molecule is OC(c1ccc(Cl)cc1)c1cn(C2CC2)nc1C(F)(F)F. The van der Waals surface area contributed by atoms with E-state index in [2.05, 4.69) is 5.10 Å². The van der Waals surface area contributed by atoms with Crippen LogP contribution in [0.5, 0.6) is 0 Å². The lowest BCUT2D eigenvalue weighted by molar-refractivity contribution is -0.142. The molecule has 0 spiro atoms.